The second-order valence-electron chi connectivity index (χ2n) is 4.13. The van der Waals surface area contributed by atoms with Crippen LogP contribution in [0, 0.1) is 11.3 Å². The van der Waals surface area contributed by atoms with Gasteiger partial charge in [-0.1, -0.05) is 6.07 Å². The Kier molecular flexibility index (Phi) is 4.37. The summed E-state index contributed by atoms with van der Waals surface area (Å²) < 4.78 is 5.39. The third-order valence-corrected chi connectivity index (χ3v) is 2.81. The lowest BCUT2D eigenvalue weighted by Gasteiger charge is -2.23. The van der Waals surface area contributed by atoms with E-state index in [1.165, 1.54) is 0 Å². The maximum Gasteiger partial charge on any atom is 0.0992 e. The van der Waals surface area contributed by atoms with Gasteiger partial charge in [0.2, 0.25) is 0 Å². The Balaban J connectivity index is 1.75. The molecule has 0 amide bonds. The van der Waals surface area contributed by atoms with Crippen molar-refractivity contribution in [3.05, 3.63) is 29.8 Å². The highest BCUT2D eigenvalue weighted by Gasteiger charge is 2.11. The Morgan fingerprint density at radius 2 is 2.47 bits per heavy atom. The van der Waals surface area contributed by atoms with Gasteiger partial charge in [0.15, 0.2) is 0 Å². The van der Waals surface area contributed by atoms with Crippen molar-refractivity contribution in [1.82, 2.24) is 5.32 Å². The molecule has 2 rings (SSSR count). The molecule has 1 saturated heterocycles. The smallest absolute Gasteiger partial charge is 0.0992 e. The molecule has 1 heterocycles. The quantitative estimate of drug-likeness (QED) is 0.821. The summed E-state index contributed by atoms with van der Waals surface area (Å²) >= 11 is 0. The zero-order chi connectivity index (χ0) is 11.9. The molecule has 2 N–H and O–H groups in total. The van der Waals surface area contributed by atoms with E-state index < -0.39 is 0 Å². The molecule has 0 bridgehead atoms. The van der Waals surface area contributed by atoms with Crippen molar-refractivity contribution >= 4 is 5.69 Å². The molecular weight excluding hydrogens is 214 g/mol. The monoisotopic (exact) mass is 231 g/mol. The maximum absolute atomic E-state index is 8.79. The van der Waals surface area contributed by atoms with E-state index in [4.69, 9.17) is 10.00 Å². The van der Waals surface area contributed by atoms with E-state index in [1.807, 2.05) is 24.3 Å². The molecule has 4 nitrogen and oxygen atoms in total. The molecule has 1 aromatic carbocycles. The van der Waals surface area contributed by atoms with Crippen molar-refractivity contribution in [3.63, 3.8) is 0 Å². The van der Waals surface area contributed by atoms with Crippen LogP contribution in [0.1, 0.15) is 12.0 Å². The van der Waals surface area contributed by atoms with Gasteiger partial charge in [-0.3, -0.25) is 0 Å². The van der Waals surface area contributed by atoms with E-state index in [0.29, 0.717) is 11.6 Å². The first kappa shape index (κ1) is 11.9. The highest BCUT2D eigenvalue weighted by Crippen LogP contribution is 2.10. The Hall–Kier alpha value is -1.57. The van der Waals surface area contributed by atoms with Crippen LogP contribution in [0.2, 0.25) is 0 Å². The minimum atomic E-state index is 0.440. The Morgan fingerprint density at radius 3 is 3.24 bits per heavy atom. The molecule has 1 fully saturated rings. The molecule has 90 valence electrons. The van der Waals surface area contributed by atoms with Crippen LogP contribution in [0.3, 0.4) is 0 Å². The topological polar surface area (TPSA) is 57.1 Å². The van der Waals surface area contributed by atoms with Gasteiger partial charge in [0.25, 0.3) is 0 Å². The van der Waals surface area contributed by atoms with Crippen LogP contribution < -0.4 is 10.6 Å². The Labute approximate surface area is 102 Å². The lowest BCUT2D eigenvalue weighted by Crippen LogP contribution is -2.42. The van der Waals surface area contributed by atoms with E-state index >= 15 is 0 Å². The maximum atomic E-state index is 8.79. The molecule has 17 heavy (non-hydrogen) atoms. The van der Waals surface area contributed by atoms with Gasteiger partial charge in [0.1, 0.15) is 0 Å². The molecule has 4 heteroatoms. The fourth-order valence-electron chi connectivity index (χ4n) is 1.89. The number of benzene rings is 1. The fraction of sp³-hybridized carbons (Fsp3) is 0.462. The van der Waals surface area contributed by atoms with Crippen LogP contribution in [0.25, 0.3) is 0 Å². The van der Waals surface area contributed by atoms with Gasteiger partial charge in [0.05, 0.1) is 24.8 Å². The van der Waals surface area contributed by atoms with Gasteiger partial charge in [-0.2, -0.15) is 5.26 Å². The summed E-state index contributed by atoms with van der Waals surface area (Å²) in [5, 5.41) is 15.5. The van der Waals surface area contributed by atoms with E-state index in [2.05, 4.69) is 16.7 Å². The first-order valence-electron chi connectivity index (χ1n) is 5.93. The van der Waals surface area contributed by atoms with Crippen LogP contribution >= 0.6 is 0 Å². The van der Waals surface area contributed by atoms with Crippen LogP contribution in [-0.2, 0) is 4.74 Å². The van der Waals surface area contributed by atoms with Crippen molar-refractivity contribution in [3.8, 4) is 6.07 Å². The molecular formula is C13H17N3O. The molecule has 0 saturated carbocycles. The third-order valence-electron chi connectivity index (χ3n) is 2.81. The van der Waals surface area contributed by atoms with Gasteiger partial charge >= 0.3 is 0 Å². The van der Waals surface area contributed by atoms with Crippen molar-refractivity contribution in [2.45, 2.75) is 12.5 Å². The van der Waals surface area contributed by atoms with Gasteiger partial charge in [-0.25, -0.2) is 0 Å². The average Bonchev–Trinajstić information content (AvgIpc) is 2.40. The summed E-state index contributed by atoms with van der Waals surface area (Å²) in [6.45, 7) is 3.43. The minimum absolute atomic E-state index is 0.440. The zero-order valence-electron chi connectivity index (χ0n) is 9.78. The molecule has 0 aromatic heterocycles. The number of nitrogens with one attached hydrogen (secondary N) is 2. The predicted octanol–water partition coefficient (Wildman–Crippen LogP) is 1.35. The first-order chi connectivity index (χ1) is 8.38. The number of anilines is 1. The molecule has 0 radical (unpaired) electrons. The van der Waals surface area contributed by atoms with Crippen molar-refractivity contribution in [2.24, 2.45) is 0 Å². The first-order valence-corrected chi connectivity index (χ1v) is 5.93. The SMILES string of the molecule is N#Cc1cccc(NCCC2COCCN2)c1. The summed E-state index contributed by atoms with van der Waals surface area (Å²) in [6.07, 6.45) is 1.02. The minimum Gasteiger partial charge on any atom is -0.385 e. The fourth-order valence-corrected chi connectivity index (χ4v) is 1.89. The van der Waals surface area contributed by atoms with Crippen LogP contribution in [-0.4, -0.2) is 32.3 Å². The average molecular weight is 231 g/mol. The summed E-state index contributed by atoms with van der Waals surface area (Å²) in [7, 11) is 0. The van der Waals surface area contributed by atoms with E-state index in [1.54, 1.807) is 0 Å². The number of hydrogen-bond donors (Lipinski definition) is 2. The highest BCUT2D eigenvalue weighted by molar-refractivity contribution is 5.48. The lowest BCUT2D eigenvalue weighted by atomic mass is 10.2. The predicted molar refractivity (Wildman–Crippen MR) is 66.9 cm³/mol. The molecule has 0 spiro atoms. The van der Waals surface area contributed by atoms with Crippen molar-refractivity contribution in [1.29, 1.82) is 5.26 Å². The zero-order valence-corrected chi connectivity index (χ0v) is 9.78. The molecule has 0 aliphatic carbocycles. The summed E-state index contributed by atoms with van der Waals surface area (Å²) in [5.41, 5.74) is 1.69. The number of nitrogens with zero attached hydrogens (tertiary/aromatic N) is 1. The van der Waals surface area contributed by atoms with Gasteiger partial charge in [-0.05, 0) is 24.6 Å². The van der Waals surface area contributed by atoms with Gasteiger partial charge < -0.3 is 15.4 Å². The number of hydrogen-bond acceptors (Lipinski definition) is 4. The number of nitriles is 1. The van der Waals surface area contributed by atoms with E-state index in [-0.39, 0.29) is 0 Å². The van der Waals surface area contributed by atoms with E-state index in [9.17, 15) is 0 Å². The molecule has 1 aliphatic heterocycles. The van der Waals surface area contributed by atoms with Gasteiger partial charge in [-0.15, -0.1) is 0 Å². The molecule has 1 aromatic rings. The van der Waals surface area contributed by atoms with Crippen molar-refractivity contribution < 1.29 is 4.74 Å². The van der Waals surface area contributed by atoms with Crippen LogP contribution in [0.5, 0.6) is 0 Å². The second kappa shape index (κ2) is 6.24. The third kappa shape index (κ3) is 3.74. The highest BCUT2D eigenvalue weighted by atomic mass is 16.5. The molecule has 1 atom stereocenters. The number of morpholine rings is 1. The van der Waals surface area contributed by atoms with Gasteiger partial charge in [0, 0.05) is 24.8 Å². The molecule has 1 aliphatic rings. The Bertz CT molecular complexity index is 394. The number of ether oxygens (including phenoxy) is 1. The van der Waals surface area contributed by atoms with E-state index in [0.717, 1.165) is 38.4 Å². The van der Waals surface area contributed by atoms with Crippen LogP contribution in [0.4, 0.5) is 5.69 Å². The Morgan fingerprint density at radius 1 is 1.53 bits per heavy atom. The standard InChI is InChI=1S/C13H17N3O/c14-9-11-2-1-3-12(8-11)15-5-4-13-10-17-7-6-16-13/h1-3,8,13,15-16H,4-7,10H2. The summed E-state index contributed by atoms with van der Waals surface area (Å²) in [6, 6.07) is 10.1. The summed E-state index contributed by atoms with van der Waals surface area (Å²) in [5.74, 6) is 0. The largest absolute Gasteiger partial charge is 0.385 e. The van der Waals surface area contributed by atoms with Crippen molar-refractivity contribution in [2.75, 3.05) is 31.6 Å². The lowest BCUT2D eigenvalue weighted by molar-refractivity contribution is 0.0753. The normalized spacial score (nSPS) is 19.6. The molecule has 1 unspecified atom stereocenters. The van der Waals surface area contributed by atoms with Crippen LogP contribution in [0.15, 0.2) is 24.3 Å². The summed E-state index contributed by atoms with van der Waals surface area (Å²) in [4.78, 5) is 0. The number of rotatable bonds is 4. The second-order valence-corrected chi connectivity index (χ2v) is 4.13.